The molecule has 1 saturated carbocycles. The number of ketones is 1. The van der Waals surface area contributed by atoms with Crippen molar-refractivity contribution in [2.24, 2.45) is 5.92 Å². The maximum atomic E-state index is 13.3. The third kappa shape index (κ3) is 7.28. The lowest BCUT2D eigenvalue weighted by atomic mass is 9.87. The highest BCUT2D eigenvalue weighted by molar-refractivity contribution is 7.96. The van der Waals surface area contributed by atoms with Gasteiger partial charge in [-0.1, -0.05) is 75.1 Å². The lowest BCUT2D eigenvalue weighted by Gasteiger charge is -2.31. The second-order valence-corrected chi connectivity index (χ2v) is 10.2. The van der Waals surface area contributed by atoms with Gasteiger partial charge in [-0.15, -0.1) is 12.6 Å². The summed E-state index contributed by atoms with van der Waals surface area (Å²) in [4.78, 5) is 27.4. The van der Waals surface area contributed by atoms with Crippen LogP contribution in [0, 0.1) is 12.8 Å². The summed E-state index contributed by atoms with van der Waals surface area (Å²) in [6, 6.07) is 15.3. The van der Waals surface area contributed by atoms with Gasteiger partial charge in [-0.2, -0.15) is 0 Å². The molecule has 4 heteroatoms. The minimum absolute atomic E-state index is 0.0380. The zero-order valence-electron chi connectivity index (χ0n) is 20.5. The highest BCUT2D eigenvalue weighted by atomic mass is 32.1. The number of Topliss-reactive ketones (excluding diaryl/α,β-unsaturated/α-hetero) is 1. The van der Waals surface area contributed by atoms with Gasteiger partial charge in [0.05, 0.1) is 0 Å². The van der Waals surface area contributed by atoms with Gasteiger partial charge in [0.25, 0.3) is 0 Å². The van der Waals surface area contributed by atoms with Crippen molar-refractivity contribution in [1.82, 2.24) is 4.90 Å². The maximum absolute atomic E-state index is 13.3. The lowest BCUT2D eigenvalue weighted by molar-refractivity contribution is -0.111. The zero-order valence-corrected chi connectivity index (χ0v) is 21.4. The molecule has 0 spiro atoms. The SMILES string of the molecule is CCC(CC(=O)S)CC(=O)c1ccc(CCN(C)C2CCCCC2)cc1-c1ccccc1C. The van der Waals surface area contributed by atoms with Crippen LogP contribution in [0.4, 0.5) is 0 Å². The Hall–Kier alpha value is -1.91. The Morgan fingerprint density at radius 1 is 1.03 bits per heavy atom. The standard InChI is InChI=1S/C29H39NO2S/c1-4-22(20-29(32)33)19-28(31)26-15-14-23(16-17-30(3)24-11-6-5-7-12-24)18-27(26)25-13-9-8-10-21(25)2/h8-10,13-15,18,22,24H,4-7,11-12,16-17,19-20H2,1-3H3,(H,32,33). The van der Waals surface area contributed by atoms with E-state index in [1.807, 2.05) is 25.1 Å². The number of carbonyl (C=O) groups excluding carboxylic acids is 2. The minimum Gasteiger partial charge on any atom is -0.303 e. The van der Waals surface area contributed by atoms with E-state index in [0.29, 0.717) is 18.9 Å². The zero-order chi connectivity index (χ0) is 23.8. The highest BCUT2D eigenvalue weighted by Crippen LogP contribution is 2.31. The van der Waals surface area contributed by atoms with Crippen LogP contribution < -0.4 is 0 Å². The van der Waals surface area contributed by atoms with Crippen LogP contribution in [0.2, 0.25) is 0 Å². The predicted molar refractivity (Wildman–Crippen MR) is 141 cm³/mol. The molecular weight excluding hydrogens is 426 g/mol. The predicted octanol–water partition coefficient (Wildman–Crippen LogP) is 6.91. The summed E-state index contributed by atoms with van der Waals surface area (Å²) in [5.74, 6) is 0.150. The highest BCUT2D eigenvalue weighted by Gasteiger charge is 2.21. The molecule has 0 aliphatic heterocycles. The van der Waals surface area contributed by atoms with E-state index in [1.165, 1.54) is 43.2 Å². The van der Waals surface area contributed by atoms with Gasteiger partial charge in [0.15, 0.2) is 10.9 Å². The number of aryl methyl sites for hydroxylation is 1. The van der Waals surface area contributed by atoms with E-state index < -0.39 is 0 Å². The van der Waals surface area contributed by atoms with E-state index in [2.05, 4.69) is 55.8 Å². The average Bonchev–Trinajstić information content (AvgIpc) is 2.82. The summed E-state index contributed by atoms with van der Waals surface area (Å²) in [5.41, 5.74) is 5.33. The fourth-order valence-electron chi connectivity index (χ4n) is 5.08. The molecule has 0 saturated heterocycles. The largest absolute Gasteiger partial charge is 0.303 e. The van der Waals surface area contributed by atoms with Gasteiger partial charge in [0.2, 0.25) is 0 Å². The molecule has 178 valence electrons. The number of nitrogens with zero attached hydrogens (tertiary/aromatic N) is 1. The molecule has 3 nitrogen and oxygen atoms in total. The first-order chi connectivity index (χ1) is 15.9. The average molecular weight is 466 g/mol. The van der Waals surface area contributed by atoms with E-state index in [9.17, 15) is 9.59 Å². The molecule has 0 amide bonds. The molecule has 0 heterocycles. The molecule has 0 bridgehead atoms. The smallest absolute Gasteiger partial charge is 0.186 e. The van der Waals surface area contributed by atoms with E-state index in [0.717, 1.165) is 36.1 Å². The fourth-order valence-corrected chi connectivity index (χ4v) is 5.34. The number of hydrogen-bond acceptors (Lipinski definition) is 3. The maximum Gasteiger partial charge on any atom is 0.186 e. The molecule has 2 aromatic rings. The molecule has 1 aliphatic carbocycles. The van der Waals surface area contributed by atoms with Crippen molar-refractivity contribution in [3.63, 3.8) is 0 Å². The van der Waals surface area contributed by atoms with Gasteiger partial charge in [0.1, 0.15) is 0 Å². The van der Waals surface area contributed by atoms with E-state index in [1.54, 1.807) is 0 Å². The normalized spacial score (nSPS) is 15.5. The Labute approximate surface area is 205 Å². The molecule has 3 rings (SSSR count). The van der Waals surface area contributed by atoms with Crippen molar-refractivity contribution in [3.05, 3.63) is 59.2 Å². The summed E-state index contributed by atoms with van der Waals surface area (Å²) in [6.45, 7) is 5.16. The van der Waals surface area contributed by atoms with Crippen molar-refractivity contribution in [1.29, 1.82) is 0 Å². The fraction of sp³-hybridized carbons (Fsp3) is 0.517. The molecule has 2 aromatic carbocycles. The van der Waals surface area contributed by atoms with E-state index in [4.69, 9.17) is 0 Å². The Bertz CT molecular complexity index is 948. The number of carbonyl (C=O) groups is 2. The van der Waals surface area contributed by atoms with Gasteiger partial charge in [-0.3, -0.25) is 9.59 Å². The van der Waals surface area contributed by atoms with Crippen molar-refractivity contribution in [3.8, 4) is 11.1 Å². The van der Waals surface area contributed by atoms with Gasteiger partial charge >= 0.3 is 0 Å². The first kappa shape index (κ1) is 25.7. The summed E-state index contributed by atoms with van der Waals surface area (Å²) in [7, 11) is 2.25. The Morgan fingerprint density at radius 3 is 2.42 bits per heavy atom. The summed E-state index contributed by atoms with van der Waals surface area (Å²) in [5, 5.41) is -0.147. The molecular formula is C29H39NO2S. The van der Waals surface area contributed by atoms with Crippen LogP contribution in [0.25, 0.3) is 11.1 Å². The quantitative estimate of drug-likeness (QED) is 0.289. The van der Waals surface area contributed by atoms with Crippen LogP contribution in [0.5, 0.6) is 0 Å². The van der Waals surface area contributed by atoms with Crippen molar-refractivity contribution >= 4 is 23.5 Å². The summed E-state index contributed by atoms with van der Waals surface area (Å²) < 4.78 is 0. The number of hydrogen-bond donors (Lipinski definition) is 1. The molecule has 0 aromatic heterocycles. The molecule has 1 unspecified atom stereocenters. The van der Waals surface area contributed by atoms with Crippen LogP contribution >= 0.6 is 12.6 Å². The molecule has 0 radical (unpaired) electrons. The van der Waals surface area contributed by atoms with Crippen molar-refractivity contribution in [2.45, 2.75) is 77.7 Å². The third-order valence-electron chi connectivity index (χ3n) is 7.29. The Kier molecular flexibility index (Phi) is 9.76. The first-order valence-electron chi connectivity index (χ1n) is 12.5. The van der Waals surface area contributed by atoms with E-state index >= 15 is 0 Å². The Morgan fingerprint density at radius 2 is 1.76 bits per heavy atom. The number of thiol groups is 1. The second-order valence-electron chi connectivity index (χ2n) is 9.72. The molecule has 1 fully saturated rings. The van der Waals surface area contributed by atoms with Gasteiger partial charge in [-0.25, -0.2) is 0 Å². The lowest BCUT2D eigenvalue weighted by Crippen LogP contribution is -2.34. The van der Waals surface area contributed by atoms with Crippen LogP contribution in [-0.4, -0.2) is 35.4 Å². The van der Waals surface area contributed by atoms with Crippen LogP contribution in [0.15, 0.2) is 42.5 Å². The monoisotopic (exact) mass is 465 g/mol. The van der Waals surface area contributed by atoms with Crippen molar-refractivity contribution < 1.29 is 9.59 Å². The first-order valence-corrected chi connectivity index (χ1v) is 13.0. The molecule has 1 aliphatic rings. The summed E-state index contributed by atoms with van der Waals surface area (Å²) >= 11 is 3.93. The molecule has 33 heavy (non-hydrogen) atoms. The van der Waals surface area contributed by atoms with Crippen LogP contribution in [0.3, 0.4) is 0 Å². The van der Waals surface area contributed by atoms with Crippen LogP contribution in [0.1, 0.15) is 79.8 Å². The number of benzene rings is 2. The van der Waals surface area contributed by atoms with Gasteiger partial charge in [-0.05, 0) is 61.4 Å². The Balaban J connectivity index is 1.83. The second kappa shape index (κ2) is 12.5. The topological polar surface area (TPSA) is 37.4 Å². The molecule has 1 atom stereocenters. The van der Waals surface area contributed by atoms with Gasteiger partial charge < -0.3 is 4.90 Å². The minimum atomic E-state index is -0.147. The number of likely N-dealkylation sites (N-methyl/N-ethyl adjacent to an activating group) is 1. The molecule has 0 N–H and O–H groups in total. The van der Waals surface area contributed by atoms with E-state index in [-0.39, 0.29) is 16.8 Å². The van der Waals surface area contributed by atoms with Gasteiger partial charge in [0, 0.05) is 31.0 Å². The van der Waals surface area contributed by atoms with Crippen LogP contribution in [-0.2, 0) is 11.2 Å². The third-order valence-corrected chi connectivity index (χ3v) is 7.47. The van der Waals surface area contributed by atoms with Crippen molar-refractivity contribution in [2.75, 3.05) is 13.6 Å². The number of rotatable bonds is 11. The summed E-state index contributed by atoms with van der Waals surface area (Å²) in [6.07, 6.45) is 9.19.